The van der Waals surface area contributed by atoms with Gasteiger partial charge in [0.1, 0.15) is 6.07 Å². The van der Waals surface area contributed by atoms with Gasteiger partial charge in [0.15, 0.2) is 0 Å². The molecule has 0 bridgehead atoms. The highest BCUT2D eigenvalue weighted by Crippen LogP contribution is 2.28. The highest BCUT2D eigenvalue weighted by molar-refractivity contribution is 9.10. The van der Waals surface area contributed by atoms with E-state index in [0.29, 0.717) is 10.6 Å². The highest BCUT2D eigenvalue weighted by atomic mass is 79.9. The zero-order chi connectivity index (χ0) is 13.8. The van der Waals surface area contributed by atoms with Gasteiger partial charge in [0.05, 0.1) is 11.3 Å². The summed E-state index contributed by atoms with van der Waals surface area (Å²) in [6, 6.07) is 13.4. The van der Waals surface area contributed by atoms with Crippen LogP contribution in [0.5, 0.6) is 0 Å². The van der Waals surface area contributed by atoms with Gasteiger partial charge >= 0.3 is 0 Å². The maximum absolute atomic E-state index is 9.12. The molecule has 2 nitrogen and oxygen atoms in total. The normalized spacial score (nSPS) is 10.0. The van der Waals surface area contributed by atoms with Crippen LogP contribution in [0.3, 0.4) is 0 Å². The molecule has 0 aliphatic carbocycles. The third-order valence-electron chi connectivity index (χ3n) is 2.82. The van der Waals surface area contributed by atoms with Crippen LogP contribution < -0.4 is 5.32 Å². The van der Waals surface area contributed by atoms with Gasteiger partial charge in [-0.3, -0.25) is 0 Å². The first kappa shape index (κ1) is 13.9. The van der Waals surface area contributed by atoms with Crippen molar-refractivity contribution >= 4 is 38.9 Å². The number of nitriles is 1. The Morgan fingerprint density at radius 2 is 2.00 bits per heavy atom. The molecule has 0 spiro atoms. The van der Waals surface area contributed by atoms with E-state index in [9.17, 15) is 0 Å². The molecule has 0 amide bonds. The number of nitrogens with one attached hydrogen (secondary N) is 1. The van der Waals surface area contributed by atoms with Crippen molar-refractivity contribution in [2.24, 2.45) is 0 Å². The summed E-state index contributed by atoms with van der Waals surface area (Å²) in [5, 5.41) is 13.0. The van der Waals surface area contributed by atoms with E-state index in [-0.39, 0.29) is 0 Å². The Morgan fingerprint density at radius 3 is 2.68 bits per heavy atom. The van der Waals surface area contributed by atoms with Crippen molar-refractivity contribution < 1.29 is 0 Å². The molecule has 0 aliphatic rings. The van der Waals surface area contributed by atoms with Gasteiger partial charge in [-0.2, -0.15) is 5.26 Å². The summed E-state index contributed by atoms with van der Waals surface area (Å²) in [5.41, 5.74) is 3.48. The number of halogens is 2. The summed E-state index contributed by atoms with van der Waals surface area (Å²) in [5.74, 6) is 0. The zero-order valence-corrected chi connectivity index (χ0v) is 12.7. The van der Waals surface area contributed by atoms with Crippen LogP contribution in [0.25, 0.3) is 0 Å². The van der Waals surface area contributed by atoms with E-state index in [1.807, 2.05) is 12.1 Å². The molecule has 0 atom stereocenters. The Labute approximate surface area is 126 Å². The van der Waals surface area contributed by atoms with Crippen LogP contribution in [0.4, 0.5) is 11.4 Å². The first-order valence-corrected chi connectivity index (χ1v) is 7.06. The third-order valence-corrected chi connectivity index (χ3v) is 3.55. The summed E-state index contributed by atoms with van der Waals surface area (Å²) >= 11 is 9.44. The molecule has 4 heteroatoms. The van der Waals surface area contributed by atoms with Crippen LogP contribution >= 0.6 is 27.5 Å². The van der Waals surface area contributed by atoms with E-state index in [0.717, 1.165) is 22.3 Å². The minimum absolute atomic E-state index is 0.578. The highest BCUT2D eigenvalue weighted by Gasteiger charge is 2.06. The molecule has 0 saturated heterocycles. The van der Waals surface area contributed by atoms with Crippen molar-refractivity contribution in [1.82, 2.24) is 0 Å². The number of nitrogens with zero attached hydrogens (tertiary/aromatic N) is 1. The molecule has 0 aromatic heterocycles. The molecule has 0 unspecified atom stereocenters. The van der Waals surface area contributed by atoms with Crippen molar-refractivity contribution in [3.8, 4) is 6.07 Å². The number of hydrogen-bond acceptors (Lipinski definition) is 2. The largest absolute Gasteiger partial charge is 0.354 e. The van der Waals surface area contributed by atoms with Gasteiger partial charge in [-0.15, -0.1) is 0 Å². The number of anilines is 2. The third kappa shape index (κ3) is 3.28. The summed E-state index contributed by atoms with van der Waals surface area (Å²) in [4.78, 5) is 0. The standard InChI is InChI=1S/C15H12BrClN2/c1-2-10-7-12(16)4-6-14(10)19-15-8-13(17)5-3-11(15)9-18/h3-8,19H,2H2,1H3. The lowest BCUT2D eigenvalue weighted by atomic mass is 10.1. The van der Waals surface area contributed by atoms with Crippen LogP contribution in [-0.2, 0) is 6.42 Å². The summed E-state index contributed by atoms with van der Waals surface area (Å²) < 4.78 is 1.04. The minimum atomic E-state index is 0.578. The van der Waals surface area contributed by atoms with Crippen LogP contribution in [0.2, 0.25) is 5.02 Å². The predicted octanol–water partition coefficient (Wildman–Crippen LogP) is 5.28. The molecule has 2 rings (SSSR count). The van der Waals surface area contributed by atoms with Gasteiger partial charge in [-0.1, -0.05) is 34.5 Å². The maximum atomic E-state index is 9.12. The Morgan fingerprint density at radius 1 is 1.21 bits per heavy atom. The summed E-state index contributed by atoms with van der Waals surface area (Å²) in [6.07, 6.45) is 0.907. The maximum Gasteiger partial charge on any atom is 0.101 e. The number of rotatable bonds is 3. The van der Waals surface area contributed by atoms with Gasteiger partial charge < -0.3 is 5.32 Å². The molecule has 0 aliphatic heterocycles. The van der Waals surface area contributed by atoms with Gasteiger partial charge in [-0.25, -0.2) is 0 Å². The van der Waals surface area contributed by atoms with Gasteiger partial charge in [0.2, 0.25) is 0 Å². The Balaban J connectivity index is 2.41. The van der Waals surface area contributed by atoms with E-state index in [1.165, 1.54) is 5.56 Å². The smallest absolute Gasteiger partial charge is 0.101 e. The second kappa shape index (κ2) is 6.10. The molecule has 2 aromatic rings. The fourth-order valence-corrected chi connectivity index (χ4v) is 2.42. The molecule has 0 radical (unpaired) electrons. The molecular formula is C15H12BrClN2. The predicted molar refractivity (Wildman–Crippen MR) is 83.0 cm³/mol. The van der Waals surface area contributed by atoms with E-state index in [2.05, 4.69) is 40.3 Å². The second-order valence-corrected chi connectivity index (χ2v) is 5.43. The molecule has 0 heterocycles. The van der Waals surface area contributed by atoms with Crippen molar-refractivity contribution in [3.63, 3.8) is 0 Å². The van der Waals surface area contributed by atoms with E-state index in [1.54, 1.807) is 18.2 Å². The van der Waals surface area contributed by atoms with E-state index < -0.39 is 0 Å². The van der Waals surface area contributed by atoms with Crippen molar-refractivity contribution in [2.75, 3.05) is 5.32 Å². The van der Waals surface area contributed by atoms with Gasteiger partial charge in [0.25, 0.3) is 0 Å². The summed E-state index contributed by atoms with van der Waals surface area (Å²) in [7, 11) is 0. The zero-order valence-electron chi connectivity index (χ0n) is 10.4. The molecule has 0 saturated carbocycles. The number of benzene rings is 2. The quantitative estimate of drug-likeness (QED) is 0.828. The molecule has 19 heavy (non-hydrogen) atoms. The summed E-state index contributed by atoms with van der Waals surface area (Å²) in [6.45, 7) is 2.09. The fourth-order valence-electron chi connectivity index (χ4n) is 1.84. The topological polar surface area (TPSA) is 35.8 Å². The molecule has 2 aromatic carbocycles. The lowest BCUT2D eigenvalue weighted by Crippen LogP contribution is -1.97. The molecule has 1 N–H and O–H groups in total. The fraction of sp³-hybridized carbons (Fsp3) is 0.133. The van der Waals surface area contributed by atoms with Crippen LogP contribution in [-0.4, -0.2) is 0 Å². The van der Waals surface area contributed by atoms with Gasteiger partial charge in [0, 0.05) is 15.2 Å². The van der Waals surface area contributed by atoms with E-state index in [4.69, 9.17) is 16.9 Å². The van der Waals surface area contributed by atoms with Gasteiger partial charge in [-0.05, 0) is 48.4 Å². The minimum Gasteiger partial charge on any atom is -0.354 e. The molecule has 96 valence electrons. The van der Waals surface area contributed by atoms with Crippen LogP contribution in [0.1, 0.15) is 18.1 Å². The van der Waals surface area contributed by atoms with Crippen molar-refractivity contribution in [3.05, 3.63) is 57.0 Å². The van der Waals surface area contributed by atoms with Crippen molar-refractivity contribution in [1.29, 1.82) is 5.26 Å². The van der Waals surface area contributed by atoms with E-state index >= 15 is 0 Å². The lowest BCUT2D eigenvalue weighted by Gasteiger charge is -2.13. The molecular weight excluding hydrogens is 324 g/mol. The lowest BCUT2D eigenvalue weighted by molar-refractivity contribution is 1.14. The Bertz CT molecular complexity index is 647. The first-order chi connectivity index (χ1) is 9.13. The number of aryl methyl sites for hydroxylation is 1. The number of hydrogen-bond donors (Lipinski definition) is 1. The van der Waals surface area contributed by atoms with Crippen LogP contribution in [0, 0.1) is 11.3 Å². The van der Waals surface area contributed by atoms with Crippen molar-refractivity contribution in [2.45, 2.75) is 13.3 Å². The monoisotopic (exact) mass is 334 g/mol. The molecule has 0 fully saturated rings. The Hall–Kier alpha value is -1.50. The Kier molecular flexibility index (Phi) is 4.47. The average Bonchev–Trinajstić information content (AvgIpc) is 2.41. The SMILES string of the molecule is CCc1cc(Br)ccc1Nc1cc(Cl)ccc1C#N. The first-order valence-electron chi connectivity index (χ1n) is 5.89. The van der Waals surface area contributed by atoms with Crippen LogP contribution in [0.15, 0.2) is 40.9 Å². The second-order valence-electron chi connectivity index (χ2n) is 4.08. The average molecular weight is 336 g/mol.